The van der Waals surface area contributed by atoms with Crippen molar-refractivity contribution in [3.8, 4) is 11.1 Å². The number of rotatable bonds is 8. The smallest absolute Gasteiger partial charge is 0.0979 e. The van der Waals surface area contributed by atoms with Gasteiger partial charge in [0.1, 0.15) is 0 Å². The molecule has 4 heteroatoms. The first-order valence-electron chi connectivity index (χ1n) is 15.1. The van der Waals surface area contributed by atoms with Crippen LogP contribution in [0.25, 0.3) is 11.1 Å². The fraction of sp³-hybridized carbons (Fsp3) is 0.486. The third-order valence-corrected chi connectivity index (χ3v) is 13.7. The van der Waals surface area contributed by atoms with E-state index in [4.69, 9.17) is 0 Å². The molecule has 0 aliphatic heterocycles. The third-order valence-electron chi connectivity index (χ3n) is 8.59. The van der Waals surface area contributed by atoms with Crippen molar-refractivity contribution in [2.24, 2.45) is 0 Å². The van der Waals surface area contributed by atoms with Gasteiger partial charge < -0.3 is 0 Å². The molecule has 2 atom stereocenters. The first kappa shape index (κ1) is 28.7. The first-order chi connectivity index (χ1) is 18.9. The quantitative estimate of drug-likeness (QED) is 0.274. The molecule has 2 saturated carbocycles. The molecule has 0 unspecified atom stereocenters. The standard InChI is InChI=1S/C35H46NOPS/c1-35(2,3)39(37)36-34(29-25-23-28(24-26-29)27-15-7-4-8-16-27)32-21-13-14-22-33(32)38(30-17-9-5-10-18-30)31-19-11-6-12-20-31/h4,7-8,13-16,21-26,30-31,34,36H,5-6,9-12,17-20H2,1-3H3/t34-,39+/m0/s1. The van der Waals surface area contributed by atoms with Crippen molar-refractivity contribution in [3.05, 3.63) is 90.0 Å². The minimum absolute atomic E-state index is 0.0942. The van der Waals surface area contributed by atoms with E-state index in [0.717, 1.165) is 11.3 Å². The highest BCUT2D eigenvalue weighted by molar-refractivity contribution is 7.84. The molecule has 2 nitrogen and oxygen atoms in total. The van der Waals surface area contributed by atoms with Crippen LogP contribution in [0.15, 0.2) is 78.9 Å². The van der Waals surface area contributed by atoms with Gasteiger partial charge in [0.2, 0.25) is 0 Å². The Morgan fingerprint density at radius 2 is 1.21 bits per heavy atom. The lowest BCUT2D eigenvalue weighted by Gasteiger charge is -2.40. The number of hydrogen-bond donors (Lipinski definition) is 1. The van der Waals surface area contributed by atoms with Crippen LogP contribution >= 0.6 is 7.92 Å². The first-order valence-corrected chi connectivity index (χ1v) is 17.8. The van der Waals surface area contributed by atoms with Gasteiger partial charge in [-0.1, -0.05) is 125 Å². The molecule has 39 heavy (non-hydrogen) atoms. The van der Waals surface area contributed by atoms with Crippen LogP contribution in [-0.4, -0.2) is 20.3 Å². The van der Waals surface area contributed by atoms with Gasteiger partial charge in [-0.2, -0.15) is 0 Å². The van der Waals surface area contributed by atoms with E-state index in [2.05, 4.69) is 104 Å². The van der Waals surface area contributed by atoms with E-state index in [1.165, 1.54) is 86.5 Å². The van der Waals surface area contributed by atoms with E-state index < -0.39 is 11.0 Å². The molecule has 0 bridgehead atoms. The summed E-state index contributed by atoms with van der Waals surface area (Å²) in [5, 5.41) is 1.57. The minimum Gasteiger partial charge on any atom is -0.242 e. The highest BCUT2D eigenvalue weighted by Crippen LogP contribution is 2.56. The topological polar surface area (TPSA) is 29.1 Å². The van der Waals surface area contributed by atoms with Crippen molar-refractivity contribution < 1.29 is 4.21 Å². The molecule has 0 spiro atoms. The molecule has 2 aliphatic rings. The average Bonchev–Trinajstić information content (AvgIpc) is 2.97. The normalized spacial score (nSPS) is 19.2. The Balaban J connectivity index is 1.57. The molecule has 0 heterocycles. The van der Waals surface area contributed by atoms with Gasteiger partial charge >= 0.3 is 0 Å². The van der Waals surface area contributed by atoms with E-state index in [0.29, 0.717) is 0 Å². The van der Waals surface area contributed by atoms with E-state index in [9.17, 15) is 4.21 Å². The Kier molecular flexibility index (Phi) is 9.75. The molecule has 2 aliphatic carbocycles. The monoisotopic (exact) mass is 559 g/mol. The van der Waals surface area contributed by atoms with E-state index in [1.54, 1.807) is 5.30 Å². The second kappa shape index (κ2) is 13.2. The van der Waals surface area contributed by atoms with Gasteiger partial charge in [-0.25, -0.2) is 8.93 Å². The van der Waals surface area contributed by atoms with Crippen molar-refractivity contribution in [2.45, 2.75) is 107 Å². The van der Waals surface area contributed by atoms with Gasteiger partial charge in [0.05, 0.1) is 21.8 Å². The summed E-state index contributed by atoms with van der Waals surface area (Å²) in [5.41, 5.74) is 6.64. The SMILES string of the molecule is CC(C)(C)[S@@](=O)N[C@@H](c1ccc(-c2ccccc2)cc1)c1ccccc1P(C1CCCCC1)C1CCCCC1. The van der Waals surface area contributed by atoms with Crippen molar-refractivity contribution in [3.63, 3.8) is 0 Å². The predicted molar refractivity (Wildman–Crippen MR) is 171 cm³/mol. The lowest BCUT2D eigenvalue weighted by molar-refractivity contribution is 0.487. The van der Waals surface area contributed by atoms with Gasteiger partial charge in [-0.3, -0.25) is 0 Å². The number of nitrogens with one attached hydrogen (secondary N) is 1. The summed E-state index contributed by atoms with van der Waals surface area (Å²) < 4.78 is 16.9. The lowest BCUT2D eigenvalue weighted by atomic mass is 9.96. The molecule has 2 fully saturated rings. The maximum Gasteiger partial charge on any atom is 0.0979 e. The van der Waals surface area contributed by atoms with Crippen molar-refractivity contribution >= 4 is 24.2 Å². The molecular weight excluding hydrogens is 513 g/mol. The van der Waals surface area contributed by atoms with Crippen LogP contribution in [-0.2, 0) is 11.0 Å². The fourth-order valence-electron chi connectivity index (χ4n) is 6.47. The molecule has 0 saturated heterocycles. The number of benzene rings is 3. The zero-order valence-corrected chi connectivity index (χ0v) is 25.8. The Hall–Kier alpha value is -1.80. The van der Waals surface area contributed by atoms with Crippen LogP contribution in [0.1, 0.15) is 102 Å². The Morgan fingerprint density at radius 1 is 0.692 bits per heavy atom. The molecule has 5 rings (SSSR count). The molecule has 3 aromatic carbocycles. The fourth-order valence-corrected chi connectivity index (χ4v) is 11.3. The summed E-state index contributed by atoms with van der Waals surface area (Å²) in [6.45, 7) is 6.19. The second-order valence-corrected chi connectivity index (χ2v) is 17.2. The highest BCUT2D eigenvalue weighted by atomic mass is 32.2. The van der Waals surface area contributed by atoms with E-state index in [1.807, 2.05) is 0 Å². The zero-order valence-electron chi connectivity index (χ0n) is 24.1. The predicted octanol–water partition coefficient (Wildman–Crippen LogP) is 9.27. The van der Waals surface area contributed by atoms with Gasteiger partial charge in [-0.15, -0.1) is 0 Å². The van der Waals surface area contributed by atoms with Gasteiger partial charge in [0.15, 0.2) is 0 Å². The van der Waals surface area contributed by atoms with Crippen molar-refractivity contribution in [2.75, 3.05) is 0 Å². The van der Waals surface area contributed by atoms with E-state index >= 15 is 0 Å². The van der Waals surface area contributed by atoms with Gasteiger partial charge in [0, 0.05) is 0 Å². The molecule has 208 valence electrons. The number of hydrogen-bond acceptors (Lipinski definition) is 1. The van der Waals surface area contributed by atoms with Crippen molar-refractivity contribution in [1.82, 2.24) is 4.72 Å². The third kappa shape index (κ3) is 7.10. The van der Waals surface area contributed by atoms with Gasteiger partial charge in [-0.05, 0) is 85.3 Å². The summed E-state index contributed by atoms with van der Waals surface area (Å²) in [5.74, 6) is 0. The van der Waals surface area contributed by atoms with Crippen LogP contribution in [0, 0.1) is 0 Å². The summed E-state index contributed by atoms with van der Waals surface area (Å²) >= 11 is 0. The van der Waals surface area contributed by atoms with Crippen LogP contribution in [0.2, 0.25) is 0 Å². The molecule has 3 aromatic rings. The highest BCUT2D eigenvalue weighted by Gasteiger charge is 2.35. The van der Waals surface area contributed by atoms with Crippen LogP contribution in [0.3, 0.4) is 0 Å². The van der Waals surface area contributed by atoms with Crippen LogP contribution in [0.4, 0.5) is 0 Å². The Bertz CT molecular complexity index is 1190. The lowest BCUT2D eigenvalue weighted by Crippen LogP contribution is -2.38. The van der Waals surface area contributed by atoms with Crippen molar-refractivity contribution in [1.29, 1.82) is 0 Å². The maximum absolute atomic E-state index is 13.6. The summed E-state index contributed by atoms with van der Waals surface area (Å²) in [7, 11) is -1.45. The molecule has 0 amide bonds. The maximum atomic E-state index is 13.6. The van der Waals surface area contributed by atoms with Gasteiger partial charge in [0.25, 0.3) is 0 Å². The van der Waals surface area contributed by atoms with Crippen LogP contribution < -0.4 is 10.0 Å². The molecule has 1 N–H and O–H groups in total. The van der Waals surface area contributed by atoms with Crippen LogP contribution in [0.5, 0.6) is 0 Å². The summed E-state index contributed by atoms with van der Waals surface area (Å²) in [4.78, 5) is 0. The molecule has 0 aromatic heterocycles. The summed E-state index contributed by atoms with van der Waals surface area (Å²) in [6, 6.07) is 28.7. The largest absolute Gasteiger partial charge is 0.242 e. The minimum atomic E-state index is -1.18. The Morgan fingerprint density at radius 3 is 1.77 bits per heavy atom. The molecule has 0 radical (unpaired) electrons. The Labute approximate surface area is 240 Å². The summed E-state index contributed by atoms with van der Waals surface area (Å²) in [6.07, 6.45) is 13.9. The second-order valence-electron chi connectivity index (χ2n) is 12.5. The molecular formula is C35H46NOPS. The zero-order chi connectivity index (χ0) is 27.2. The average molecular weight is 560 g/mol. The van der Waals surface area contributed by atoms with E-state index in [-0.39, 0.29) is 18.7 Å².